The lowest BCUT2D eigenvalue weighted by Crippen LogP contribution is -2.61. The molecule has 0 aliphatic carbocycles. The molecule has 0 saturated carbocycles. The van der Waals surface area contributed by atoms with Gasteiger partial charge in [-0.1, -0.05) is 53.2 Å². The van der Waals surface area contributed by atoms with Crippen LogP contribution in [0.4, 0.5) is 0 Å². The van der Waals surface area contributed by atoms with Gasteiger partial charge in [-0.3, -0.25) is 76.7 Å². The van der Waals surface area contributed by atoms with Crippen LogP contribution in [0.5, 0.6) is 5.75 Å². The number of aromatic amines is 1. The van der Waals surface area contributed by atoms with Gasteiger partial charge in [-0.15, -0.1) is 0 Å². The first-order valence-electron chi connectivity index (χ1n) is 30.0. The Labute approximate surface area is 533 Å². The number of phenolic OH excluding ortho intramolecular Hbond substituents is 1. The van der Waals surface area contributed by atoms with Crippen LogP contribution in [0.2, 0.25) is 0 Å². The van der Waals surface area contributed by atoms with Gasteiger partial charge in [0, 0.05) is 57.5 Å². The number of aliphatic hydroxyl groups is 1. The number of aliphatic carboxylic acids is 2. The molecule has 0 radical (unpaired) electrons. The fraction of sp³-hybridized carbons (Fsp3) is 0.569. The summed E-state index contributed by atoms with van der Waals surface area (Å²) in [5.41, 5.74) is 11.4. The van der Waals surface area contributed by atoms with Gasteiger partial charge in [-0.2, -0.15) is 0 Å². The molecule has 0 bridgehead atoms. The summed E-state index contributed by atoms with van der Waals surface area (Å²) in [5, 5.41) is 62.0. The van der Waals surface area contributed by atoms with Crippen molar-refractivity contribution in [2.75, 3.05) is 19.7 Å². The maximum absolute atomic E-state index is 14.4. The molecule has 1 aromatic carbocycles. The van der Waals surface area contributed by atoms with Crippen molar-refractivity contribution in [1.29, 1.82) is 0 Å². The molecule has 2 heterocycles. The predicted molar refractivity (Wildman–Crippen MR) is 323 cm³/mol. The number of ketones is 1. The lowest BCUT2D eigenvalue weighted by atomic mass is 9.98. The van der Waals surface area contributed by atoms with Crippen molar-refractivity contribution in [1.82, 2.24) is 68.0 Å². The first-order chi connectivity index (χ1) is 43.8. The number of imidazole rings is 1. The van der Waals surface area contributed by atoms with Gasteiger partial charge in [0.2, 0.25) is 76.7 Å². The van der Waals surface area contributed by atoms with Crippen molar-refractivity contribution in [2.24, 2.45) is 23.3 Å². The average Bonchev–Trinajstić information content (AvgIpc) is 1.80. The van der Waals surface area contributed by atoms with Gasteiger partial charge in [0.25, 0.3) is 5.91 Å². The van der Waals surface area contributed by atoms with E-state index in [0.29, 0.717) is 5.56 Å². The topological polar surface area (TPSA) is 558 Å². The Kier molecular flexibility index (Phi) is 31.5. The zero-order valence-electron chi connectivity index (χ0n) is 52.4. The van der Waals surface area contributed by atoms with Crippen molar-refractivity contribution < 1.29 is 97.1 Å². The van der Waals surface area contributed by atoms with E-state index in [-0.39, 0.29) is 62.9 Å². The molecule has 13 amide bonds. The second-order valence-corrected chi connectivity index (χ2v) is 22.8. The second kappa shape index (κ2) is 37.9. The van der Waals surface area contributed by atoms with Crippen LogP contribution in [0.3, 0.4) is 0 Å². The number of aliphatic hydroxyl groups excluding tert-OH is 1. The van der Waals surface area contributed by atoms with E-state index in [1.54, 1.807) is 34.6 Å². The van der Waals surface area contributed by atoms with Crippen LogP contribution < -0.4 is 64.6 Å². The normalized spacial score (nSPS) is 15.6. The molecule has 10 atom stereocenters. The summed E-state index contributed by atoms with van der Waals surface area (Å²) in [5.74, 6) is -18.1. The highest BCUT2D eigenvalue weighted by molar-refractivity contribution is 6.38. The molecule has 1 aliphatic heterocycles. The molecule has 3 rings (SSSR count). The number of amides is 13. The number of carbonyl (C=O) groups excluding carboxylic acids is 14. The number of nitrogens with one attached hydrogen (secondary N) is 11. The molecule has 512 valence electrons. The maximum atomic E-state index is 14.4. The van der Waals surface area contributed by atoms with Crippen LogP contribution in [0, 0.1) is 11.8 Å². The number of rotatable bonds is 40. The average molecular weight is 1310 g/mol. The van der Waals surface area contributed by atoms with E-state index in [9.17, 15) is 92.0 Å². The number of likely N-dealkylation sites (tertiary alicyclic amines) is 1. The van der Waals surface area contributed by atoms with E-state index in [0.717, 1.165) is 6.92 Å². The molecule has 1 aromatic heterocycles. The van der Waals surface area contributed by atoms with E-state index in [1.807, 2.05) is 0 Å². The summed E-state index contributed by atoms with van der Waals surface area (Å²) < 4.78 is 0. The third-order valence-corrected chi connectivity index (χ3v) is 14.6. The van der Waals surface area contributed by atoms with Crippen molar-refractivity contribution in [3.05, 3.63) is 48.0 Å². The Morgan fingerprint density at radius 3 is 1.62 bits per heavy atom. The number of aromatic hydroxyl groups is 1. The van der Waals surface area contributed by atoms with E-state index < -0.39 is 212 Å². The predicted octanol–water partition coefficient (Wildman–Crippen LogP) is -5.46. The SMILES string of the molecule is CCC[C@H](NC(=O)C1CCCN1C(=O)[C@@H](NC(=O)[C@@H](NC(=O)[C@H](CCC(=O)O)NC(=O)[C@H](CCC(=O)O)NC(C)=O)C(C)C)C(C)C)C(=O)C(=O)NCC(=O)N[C@H](CCC(N)=O)C(=O)N[C@H](Cc1cnc[nH]1)C(=O)N[C@@H](Cc1ccc(O)cc1)C(=O)N[C@@H](CO)C(N)=O. The Hall–Kier alpha value is -10.1. The highest BCUT2D eigenvalue weighted by Crippen LogP contribution is 2.22. The second-order valence-electron chi connectivity index (χ2n) is 22.8. The van der Waals surface area contributed by atoms with Gasteiger partial charge in [-0.05, 0) is 68.1 Å². The molecule has 1 saturated heterocycles. The third kappa shape index (κ3) is 26.0. The number of phenols is 1. The number of nitrogens with zero attached hydrogens (tertiary/aromatic N) is 2. The van der Waals surface area contributed by atoms with Gasteiger partial charge in [0.1, 0.15) is 60.1 Å². The zero-order valence-corrected chi connectivity index (χ0v) is 52.4. The third-order valence-electron chi connectivity index (χ3n) is 14.6. The Morgan fingerprint density at radius 2 is 1.12 bits per heavy atom. The van der Waals surface area contributed by atoms with Gasteiger partial charge < -0.3 is 94.9 Å². The first kappa shape index (κ1) is 77.2. The molecular weight excluding hydrogens is 1230 g/mol. The van der Waals surface area contributed by atoms with Crippen LogP contribution >= 0.6 is 0 Å². The minimum atomic E-state index is -1.65. The van der Waals surface area contributed by atoms with E-state index in [1.165, 1.54) is 41.7 Å². The van der Waals surface area contributed by atoms with Crippen molar-refractivity contribution in [3.8, 4) is 5.75 Å². The van der Waals surface area contributed by atoms with Gasteiger partial charge in [0.05, 0.1) is 25.5 Å². The summed E-state index contributed by atoms with van der Waals surface area (Å²) in [6, 6.07) is -9.34. The number of carboxylic acids is 2. The summed E-state index contributed by atoms with van der Waals surface area (Å²) in [4.78, 5) is 218. The lowest BCUT2D eigenvalue weighted by molar-refractivity contribution is -0.144. The lowest BCUT2D eigenvalue weighted by Gasteiger charge is -2.33. The van der Waals surface area contributed by atoms with Crippen LogP contribution in [-0.4, -0.2) is 210 Å². The molecule has 35 heteroatoms. The van der Waals surface area contributed by atoms with Gasteiger partial charge in [-0.25, -0.2) is 4.98 Å². The quantitative estimate of drug-likeness (QED) is 0.0277. The summed E-state index contributed by atoms with van der Waals surface area (Å²) in [6.07, 6.45) is -0.538. The zero-order chi connectivity index (χ0) is 69.8. The van der Waals surface area contributed by atoms with Crippen LogP contribution in [0.25, 0.3) is 0 Å². The highest BCUT2D eigenvalue weighted by atomic mass is 16.4. The smallest absolute Gasteiger partial charge is 0.303 e. The number of carbonyl (C=O) groups is 16. The molecule has 93 heavy (non-hydrogen) atoms. The molecule has 2 aromatic rings. The van der Waals surface area contributed by atoms with Gasteiger partial charge in [0.15, 0.2) is 0 Å². The van der Waals surface area contributed by atoms with Crippen LogP contribution in [0.15, 0.2) is 36.8 Å². The largest absolute Gasteiger partial charge is 0.508 e. The van der Waals surface area contributed by atoms with E-state index >= 15 is 0 Å². The number of hydrogen-bond acceptors (Lipinski definition) is 19. The summed E-state index contributed by atoms with van der Waals surface area (Å²) in [7, 11) is 0. The first-order valence-corrected chi connectivity index (χ1v) is 30.0. The van der Waals surface area contributed by atoms with Crippen LogP contribution in [-0.2, 0) is 89.6 Å². The minimum Gasteiger partial charge on any atom is -0.508 e. The van der Waals surface area contributed by atoms with Gasteiger partial charge >= 0.3 is 11.9 Å². The Morgan fingerprint density at radius 1 is 0.613 bits per heavy atom. The number of H-pyrrole nitrogens is 1. The molecule has 19 N–H and O–H groups in total. The van der Waals surface area contributed by atoms with Crippen molar-refractivity contribution >= 4 is 94.5 Å². The molecule has 1 aliphatic rings. The number of primary amides is 2. The standard InChI is InChI=1S/C58H85N15O20/c1-7-9-34(66-55(90)41-10-8-21-73(41)58(93)47(29(4)5)72-56(91)46(28(2)3)71-52(87)37(17-20-45(81)82)67-50(85)35(64-30(6)75)16-19-44(79)80)48(83)57(92)62-25-43(78)65-36(15-18-42(59)77)51(86)69-39(23-32-24-61-27-63-32)54(89)68-38(22-31-11-13-33(76)14-12-31)53(88)70-40(26-74)49(60)84/h11-14,24,27-29,34-41,46-47,74,76H,7-10,15-23,25-26H2,1-6H3,(H2,59,77)(H2,60,84)(H,61,63)(H,62,92)(H,64,75)(H,65,78)(H,66,90)(H,67,85)(H,68,89)(H,69,86)(H,70,88)(H,71,87)(H,72,91)(H,79,80)(H,81,82)/t34-,35-,36+,37-,38-,39+,40-,41?,46-,47-/m0/s1. The van der Waals surface area contributed by atoms with E-state index in [4.69, 9.17) is 16.6 Å². The number of carboxylic acid groups (broad SMARTS) is 2. The summed E-state index contributed by atoms with van der Waals surface area (Å²) in [6.45, 7) is 7.12. The number of nitrogens with two attached hydrogens (primary N) is 2. The number of Topliss-reactive ketones (excluding diaryl/α,β-unsaturated/α-hetero) is 1. The molecule has 1 unspecified atom stereocenters. The minimum absolute atomic E-state index is 0.00321. The summed E-state index contributed by atoms with van der Waals surface area (Å²) >= 11 is 0. The fourth-order valence-electron chi connectivity index (χ4n) is 9.58. The van der Waals surface area contributed by atoms with Crippen molar-refractivity contribution in [3.63, 3.8) is 0 Å². The number of aromatic nitrogens is 2. The molecule has 1 fully saturated rings. The van der Waals surface area contributed by atoms with Crippen molar-refractivity contribution in [2.45, 2.75) is 179 Å². The van der Waals surface area contributed by atoms with Crippen LogP contribution in [0.1, 0.15) is 117 Å². The fourth-order valence-corrected chi connectivity index (χ4v) is 9.58. The Bertz CT molecular complexity index is 3020. The molecular formula is C58H85N15O20. The number of benzene rings is 1. The number of hydrogen-bond donors (Lipinski definition) is 17. The monoisotopic (exact) mass is 1310 g/mol. The molecule has 35 nitrogen and oxygen atoms in total. The maximum Gasteiger partial charge on any atom is 0.303 e. The highest BCUT2D eigenvalue weighted by Gasteiger charge is 2.42. The Balaban J connectivity index is 1.76. The van der Waals surface area contributed by atoms with E-state index in [2.05, 4.69) is 63.1 Å². The molecule has 0 spiro atoms.